The van der Waals surface area contributed by atoms with E-state index in [0.29, 0.717) is 18.2 Å². The molecule has 0 saturated carbocycles. The number of nitrogens with one attached hydrogen (secondary N) is 2. The van der Waals surface area contributed by atoms with Crippen molar-refractivity contribution in [2.45, 2.75) is 13.3 Å². The van der Waals surface area contributed by atoms with Gasteiger partial charge in [0.1, 0.15) is 6.54 Å². The summed E-state index contributed by atoms with van der Waals surface area (Å²) in [4.78, 5) is 37.1. The highest BCUT2D eigenvalue weighted by atomic mass is 19.2. The van der Waals surface area contributed by atoms with E-state index in [1.54, 1.807) is 6.92 Å². The zero-order valence-corrected chi connectivity index (χ0v) is 15.5. The van der Waals surface area contributed by atoms with Crippen molar-refractivity contribution >= 4 is 29.2 Å². The number of carbonyl (C=O) groups is 3. The molecule has 7 nitrogen and oxygen atoms in total. The molecule has 0 atom stereocenters. The predicted molar refractivity (Wildman–Crippen MR) is 101 cm³/mol. The SMILES string of the molecule is CCCN(CC(=O)Nc1ccc(F)c(F)c1F)C(=O)c1cccc(NC(N)=O)c1. The lowest BCUT2D eigenvalue weighted by atomic mass is 10.1. The minimum Gasteiger partial charge on any atom is -0.351 e. The highest BCUT2D eigenvalue weighted by Crippen LogP contribution is 2.20. The van der Waals surface area contributed by atoms with Gasteiger partial charge in [0.2, 0.25) is 5.91 Å². The average Bonchev–Trinajstić information content (AvgIpc) is 2.67. The fourth-order valence-electron chi connectivity index (χ4n) is 2.56. The van der Waals surface area contributed by atoms with E-state index in [9.17, 15) is 27.6 Å². The molecule has 0 aliphatic carbocycles. The van der Waals surface area contributed by atoms with Crippen molar-refractivity contribution in [3.8, 4) is 0 Å². The average molecular weight is 408 g/mol. The summed E-state index contributed by atoms with van der Waals surface area (Å²) in [7, 11) is 0. The Kier molecular flexibility index (Phi) is 7.18. The maximum Gasteiger partial charge on any atom is 0.316 e. The molecule has 0 aliphatic rings. The Morgan fingerprint density at radius 1 is 1.03 bits per heavy atom. The second kappa shape index (κ2) is 9.58. The summed E-state index contributed by atoms with van der Waals surface area (Å²) in [5.41, 5.74) is 5.00. The molecule has 0 saturated heterocycles. The molecule has 0 radical (unpaired) electrons. The number of anilines is 2. The Bertz CT molecular complexity index is 937. The van der Waals surface area contributed by atoms with Crippen molar-refractivity contribution in [3.05, 3.63) is 59.4 Å². The van der Waals surface area contributed by atoms with Crippen molar-refractivity contribution < 1.29 is 27.6 Å². The van der Waals surface area contributed by atoms with Gasteiger partial charge in [0.05, 0.1) is 5.69 Å². The fraction of sp³-hybridized carbons (Fsp3) is 0.211. The number of nitrogens with two attached hydrogens (primary N) is 1. The highest BCUT2D eigenvalue weighted by Gasteiger charge is 2.21. The maximum absolute atomic E-state index is 13.7. The van der Waals surface area contributed by atoms with Gasteiger partial charge in [-0.25, -0.2) is 18.0 Å². The van der Waals surface area contributed by atoms with Crippen LogP contribution in [0.3, 0.4) is 0 Å². The number of nitrogens with zero attached hydrogens (tertiary/aromatic N) is 1. The van der Waals surface area contributed by atoms with Crippen LogP contribution in [0.15, 0.2) is 36.4 Å². The van der Waals surface area contributed by atoms with Crippen molar-refractivity contribution in [2.24, 2.45) is 5.73 Å². The normalized spacial score (nSPS) is 10.3. The molecule has 4 N–H and O–H groups in total. The highest BCUT2D eigenvalue weighted by molar-refractivity contribution is 6.00. The number of halogens is 3. The van der Waals surface area contributed by atoms with E-state index in [4.69, 9.17) is 5.73 Å². The number of primary amides is 1. The number of hydrogen-bond donors (Lipinski definition) is 3. The lowest BCUT2D eigenvalue weighted by molar-refractivity contribution is -0.116. The summed E-state index contributed by atoms with van der Waals surface area (Å²) in [5.74, 6) is -5.92. The van der Waals surface area contributed by atoms with E-state index >= 15 is 0 Å². The number of hydrogen-bond acceptors (Lipinski definition) is 3. The van der Waals surface area contributed by atoms with Gasteiger partial charge in [-0.3, -0.25) is 9.59 Å². The summed E-state index contributed by atoms with van der Waals surface area (Å²) < 4.78 is 40.0. The van der Waals surface area contributed by atoms with E-state index in [-0.39, 0.29) is 12.1 Å². The molecule has 0 unspecified atom stereocenters. The molecule has 2 aromatic rings. The summed E-state index contributed by atoms with van der Waals surface area (Å²) in [5, 5.41) is 4.46. The first-order chi connectivity index (χ1) is 13.7. The van der Waals surface area contributed by atoms with Gasteiger partial charge in [0.15, 0.2) is 17.5 Å². The first-order valence-corrected chi connectivity index (χ1v) is 8.62. The Labute approximate surface area is 164 Å². The van der Waals surface area contributed by atoms with Gasteiger partial charge in [-0.1, -0.05) is 13.0 Å². The molecule has 29 heavy (non-hydrogen) atoms. The van der Waals surface area contributed by atoms with Crippen LogP contribution in [-0.4, -0.2) is 35.8 Å². The Morgan fingerprint density at radius 3 is 2.41 bits per heavy atom. The van der Waals surface area contributed by atoms with E-state index in [0.717, 1.165) is 6.07 Å². The van der Waals surface area contributed by atoms with Crippen LogP contribution in [0.1, 0.15) is 23.7 Å². The van der Waals surface area contributed by atoms with Gasteiger partial charge in [-0.2, -0.15) is 0 Å². The second-order valence-corrected chi connectivity index (χ2v) is 6.07. The van der Waals surface area contributed by atoms with E-state index < -0.39 is 47.5 Å². The maximum atomic E-state index is 13.7. The first kappa shape index (κ1) is 21.7. The van der Waals surface area contributed by atoms with Crippen LogP contribution in [0.2, 0.25) is 0 Å². The van der Waals surface area contributed by atoms with Gasteiger partial charge in [-0.15, -0.1) is 0 Å². The number of amides is 4. The molecule has 0 spiro atoms. The third kappa shape index (κ3) is 5.71. The van der Waals surface area contributed by atoms with Gasteiger partial charge >= 0.3 is 6.03 Å². The molecular formula is C19H19F3N4O3. The molecule has 154 valence electrons. The van der Waals surface area contributed by atoms with Crippen LogP contribution in [0.5, 0.6) is 0 Å². The van der Waals surface area contributed by atoms with Gasteiger partial charge < -0.3 is 21.3 Å². The molecule has 0 aliphatic heterocycles. The second-order valence-electron chi connectivity index (χ2n) is 6.07. The summed E-state index contributed by atoms with van der Waals surface area (Å²) in [6, 6.07) is 6.71. The van der Waals surface area contributed by atoms with Crippen LogP contribution in [0, 0.1) is 17.5 Å². The number of rotatable bonds is 7. The molecule has 10 heteroatoms. The van der Waals surface area contributed by atoms with Crippen LogP contribution in [0.4, 0.5) is 29.3 Å². The Balaban J connectivity index is 2.15. The van der Waals surface area contributed by atoms with Crippen LogP contribution in [-0.2, 0) is 4.79 Å². The summed E-state index contributed by atoms with van der Waals surface area (Å²) in [6.07, 6.45) is 0.526. The minimum atomic E-state index is -1.71. The van der Waals surface area contributed by atoms with Crippen LogP contribution in [0.25, 0.3) is 0 Å². The van der Waals surface area contributed by atoms with Crippen molar-refractivity contribution in [1.29, 1.82) is 0 Å². The van der Waals surface area contributed by atoms with Gasteiger partial charge in [-0.05, 0) is 36.8 Å². The minimum absolute atomic E-state index is 0.191. The third-order valence-corrected chi connectivity index (χ3v) is 3.80. The Hall–Kier alpha value is -3.56. The topological polar surface area (TPSA) is 105 Å². The quantitative estimate of drug-likeness (QED) is 0.613. The predicted octanol–water partition coefficient (Wildman–Crippen LogP) is 3.09. The molecule has 0 heterocycles. The van der Waals surface area contributed by atoms with Gasteiger partial charge in [0, 0.05) is 17.8 Å². The van der Waals surface area contributed by atoms with Crippen molar-refractivity contribution in [3.63, 3.8) is 0 Å². The molecule has 2 rings (SSSR count). The van der Waals surface area contributed by atoms with Gasteiger partial charge in [0.25, 0.3) is 5.91 Å². The molecule has 0 fully saturated rings. The molecular weight excluding hydrogens is 389 g/mol. The molecule has 2 aromatic carbocycles. The standard InChI is InChI=1S/C19H19F3N4O3/c1-2-8-26(18(28)11-4-3-5-12(9-11)24-19(23)29)10-15(27)25-14-7-6-13(20)16(21)17(14)22/h3-7,9H,2,8,10H2,1H3,(H,25,27)(H3,23,24,29). The smallest absolute Gasteiger partial charge is 0.316 e. The molecule has 0 bridgehead atoms. The number of urea groups is 1. The molecule has 0 aromatic heterocycles. The third-order valence-electron chi connectivity index (χ3n) is 3.80. The van der Waals surface area contributed by atoms with Crippen molar-refractivity contribution in [1.82, 2.24) is 4.90 Å². The van der Waals surface area contributed by atoms with E-state index in [2.05, 4.69) is 10.6 Å². The van der Waals surface area contributed by atoms with Crippen molar-refractivity contribution in [2.75, 3.05) is 23.7 Å². The van der Waals surface area contributed by atoms with Crippen LogP contribution < -0.4 is 16.4 Å². The number of benzene rings is 2. The summed E-state index contributed by atoms with van der Waals surface area (Å²) in [6.45, 7) is 1.55. The van der Waals surface area contributed by atoms with E-state index in [1.807, 2.05) is 0 Å². The lowest BCUT2D eigenvalue weighted by Crippen LogP contribution is -2.38. The zero-order valence-electron chi connectivity index (χ0n) is 15.5. The fourth-order valence-corrected chi connectivity index (χ4v) is 2.56. The molecule has 4 amide bonds. The monoisotopic (exact) mass is 408 g/mol. The number of carbonyl (C=O) groups excluding carboxylic acids is 3. The largest absolute Gasteiger partial charge is 0.351 e. The van der Waals surface area contributed by atoms with Crippen LogP contribution >= 0.6 is 0 Å². The summed E-state index contributed by atoms with van der Waals surface area (Å²) >= 11 is 0. The van der Waals surface area contributed by atoms with E-state index in [1.165, 1.54) is 29.2 Å². The lowest BCUT2D eigenvalue weighted by Gasteiger charge is -2.22. The zero-order chi connectivity index (χ0) is 21.6. The first-order valence-electron chi connectivity index (χ1n) is 8.62. The Morgan fingerprint density at radius 2 is 1.76 bits per heavy atom.